The van der Waals surface area contributed by atoms with Gasteiger partial charge in [0.2, 0.25) is 0 Å². The molecule has 5 heteroatoms. The maximum atomic E-state index is 12.0. The number of ether oxygens (including phenoxy) is 1. The van der Waals surface area contributed by atoms with Crippen LogP contribution in [0.3, 0.4) is 0 Å². The van der Waals surface area contributed by atoms with Crippen LogP contribution in [0.4, 0.5) is 5.69 Å². The second kappa shape index (κ2) is 6.54. The Bertz CT molecular complexity index is 448. The van der Waals surface area contributed by atoms with Crippen LogP contribution in [0.2, 0.25) is 0 Å². The van der Waals surface area contributed by atoms with Gasteiger partial charge in [-0.2, -0.15) is 0 Å². The highest BCUT2D eigenvalue weighted by Crippen LogP contribution is 2.22. The molecular weight excluding hydrogens is 244 g/mol. The molecule has 1 unspecified atom stereocenters. The molecule has 1 atom stereocenters. The lowest BCUT2D eigenvalue weighted by Gasteiger charge is -2.18. The van der Waals surface area contributed by atoms with Gasteiger partial charge in [0.05, 0.1) is 12.7 Å². The van der Waals surface area contributed by atoms with Gasteiger partial charge >= 0.3 is 0 Å². The van der Waals surface area contributed by atoms with Crippen LogP contribution in [0.1, 0.15) is 22.3 Å². The normalized spacial score (nSPS) is 15.3. The minimum atomic E-state index is -0.673. The molecule has 1 aromatic carbocycles. The summed E-state index contributed by atoms with van der Waals surface area (Å²) < 4.78 is 4.81. The first-order valence-corrected chi connectivity index (χ1v) is 6.52. The number of fused-ring (bicyclic) bond motifs is 1. The Kier molecular flexibility index (Phi) is 4.76. The Balaban J connectivity index is 1.95. The molecule has 1 aliphatic rings. The highest BCUT2D eigenvalue weighted by atomic mass is 16.5. The lowest BCUT2D eigenvalue weighted by molar-refractivity contribution is 0.0610. The van der Waals surface area contributed by atoms with Gasteiger partial charge in [-0.05, 0) is 36.6 Å². The fourth-order valence-corrected chi connectivity index (χ4v) is 2.18. The predicted octanol–water partition coefficient (Wildman–Crippen LogP) is 0.782. The van der Waals surface area contributed by atoms with Crippen molar-refractivity contribution >= 4 is 11.6 Å². The largest absolute Gasteiger partial charge is 0.389 e. The molecule has 1 aliphatic heterocycles. The van der Waals surface area contributed by atoms with E-state index in [1.165, 1.54) is 12.7 Å². The van der Waals surface area contributed by atoms with Crippen molar-refractivity contribution < 1.29 is 14.6 Å². The standard InChI is InChI=1S/C14H20N2O3/c1-19-9-12(17)8-16-14(18)11-4-5-13-10(7-11)3-2-6-15-13/h4-5,7,12,15,17H,2-3,6,8-9H2,1H3,(H,16,18). The molecule has 0 aromatic heterocycles. The summed E-state index contributed by atoms with van der Waals surface area (Å²) in [5, 5.41) is 15.5. The SMILES string of the molecule is COCC(O)CNC(=O)c1ccc2c(c1)CCCN2. The number of anilines is 1. The lowest BCUT2D eigenvalue weighted by atomic mass is 10.0. The number of carbonyl (C=O) groups is 1. The molecule has 104 valence electrons. The number of carbonyl (C=O) groups excluding carboxylic acids is 1. The quantitative estimate of drug-likeness (QED) is 0.735. The number of methoxy groups -OCH3 is 1. The molecule has 0 spiro atoms. The van der Waals surface area contributed by atoms with Crippen LogP contribution in [-0.2, 0) is 11.2 Å². The average Bonchev–Trinajstić information content (AvgIpc) is 2.44. The fourth-order valence-electron chi connectivity index (χ4n) is 2.18. The molecule has 19 heavy (non-hydrogen) atoms. The zero-order valence-corrected chi connectivity index (χ0v) is 11.1. The van der Waals surface area contributed by atoms with E-state index in [4.69, 9.17) is 4.74 Å². The third-order valence-corrected chi connectivity index (χ3v) is 3.16. The van der Waals surface area contributed by atoms with E-state index in [0.29, 0.717) is 5.56 Å². The number of aryl methyl sites for hydroxylation is 1. The summed E-state index contributed by atoms with van der Waals surface area (Å²) >= 11 is 0. The van der Waals surface area contributed by atoms with Crippen molar-refractivity contribution in [1.82, 2.24) is 5.32 Å². The van der Waals surface area contributed by atoms with Gasteiger partial charge in [0.1, 0.15) is 0 Å². The minimum Gasteiger partial charge on any atom is -0.389 e. The highest BCUT2D eigenvalue weighted by molar-refractivity contribution is 5.95. The van der Waals surface area contributed by atoms with Gasteiger partial charge < -0.3 is 20.5 Å². The molecule has 1 aromatic rings. The first-order chi connectivity index (χ1) is 9.20. The van der Waals surface area contributed by atoms with Crippen molar-refractivity contribution in [3.8, 4) is 0 Å². The van der Waals surface area contributed by atoms with Gasteiger partial charge in [-0.25, -0.2) is 0 Å². The zero-order chi connectivity index (χ0) is 13.7. The van der Waals surface area contributed by atoms with E-state index in [-0.39, 0.29) is 19.1 Å². The number of rotatable bonds is 5. The summed E-state index contributed by atoms with van der Waals surface area (Å²) in [5.74, 6) is -0.163. The second-order valence-corrected chi connectivity index (χ2v) is 4.72. The van der Waals surface area contributed by atoms with Crippen molar-refractivity contribution in [3.63, 3.8) is 0 Å². The summed E-state index contributed by atoms with van der Waals surface area (Å²) in [7, 11) is 1.52. The number of hydrogen-bond acceptors (Lipinski definition) is 4. The van der Waals surface area contributed by atoms with Crippen molar-refractivity contribution in [2.45, 2.75) is 18.9 Å². The number of aliphatic hydroxyl groups excluding tert-OH is 1. The average molecular weight is 264 g/mol. The van der Waals surface area contributed by atoms with E-state index in [2.05, 4.69) is 10.6 Å². The van der Waals surface area contributed by atoms with E-state index < -0.39 is 6.10 Å². The van der Waals surface area contributed by atoms with E-state index >= 15 is 0 Å². The number of amides is 1. The molecule has 0 saturated heterocycles. The molecule has 2 rings (SSSR count). The molecule has 0 saturated carbocycles. The van der Waals surface area contributed by atoms with Crippen molar-refractivity contribution in [2.24, 2.45) is 0 Å². The first-order valence-electron chi connectivity index (χ1n) is 6.52. The van der Waals surface area contributed by atoms with Crippen LogP contribution in [0.5, 0.6) is 0 Å². The third-order valence-electron chi connectivity index (χ3n) is 3.16. The summed E-state index contributed by atoms with van der Waals surface area (Å²) in [5.41, 5.74) is 2.92. The van der Waals surface area contributed by atoms with E-state index in [1.807, 2.05) is 12.1 Å². The number of benzene rings is 1. The number of hydrogen-bond donors (Lipinski definition) is 3. The van der Waals surface area contributed by atoms with Gasteiger partial charge in [-0.15, -0.1) is 0 Å². The Hall–Kier alpha value is -1.59. The van der Waals surface area contributed by atoms with Crippen LogP contribution in [0.15, 0.2) is 18.2 Å². The monoisotopic (exact) mass is 264 g/mol. The third kappa shape index (κ3) is 3.68. The molecule has 0 bridgehead atoms. The van der Waals surface area contributed by atoms with Gasteiger partial charge in [0.25, 0.3) is 5.91 Å². The van der Waals surface area contributed by atoms with E-state index in [0.717, 1.165) is 25.1 Å². The first kappa shape index (κ1) is 13.8. The number of nitrogens with one attached hydrogen (secondary N) is 2. The van der Waals surface area contributed by atoms with Gasteiger partial charge in [-0.1, -0.05) is 0 Å². The Morgan fingerprint density at radius 1 is 1.58 bits per heavy atom. The summed E-state index contributed by atoms with van der Waals surface area (Å²) in [6, 6.07) is 5.66. The van der Waals surface area contributed by atoms with Crippen LogP contribution < -0.4 is 10.6 Å². The summed E-state index contributed by atoms with van der Waals surface area (Å²) in [6.45, 7) is 1.40. The Morgan fingerprint density at radius 2 is 2.42 bits per heavy atom. The van der Waals surface area contributed by atoms with Crippen molar-refractivity contribution in [2.75, 3.05) is 32.1 Å². The summed E-state index contributed by atoms with van der Waals surface area (Å²) in [4.78, 5) is 12.0. The predicted molar refractivity (Wildman–Crippen MR) is 73.5 cm³/mol. The van der Waals surface area contributed by atoms with Gasteiger partial charge in [0, 0.05) is 31.5 Å². The van der Waals surface area contributed by atoms with E-state index in [9.17, 15) is 9.90 Å². The number of aliphatic hydroxyl groups is 1. The van der Waals surface area contributed by atoms with Crippen LogP contribution >= 0.6 is 0 Å². The van der Waals surface area contributed by atoms with Crippen molar-refractivity contribution in [3.05, 3.63) is 29.3 Å². The molecule has 3 N–H and O–H groups in total. The van der Waals surface area contributed by atoms with Gasteiger partial charge in [-0.3, -0.25) is 4.79 Å². The maximum Gasteiger partial charge on any atom is 0.251 e. The van der Waals surface area contributed by atoms with Crippen LogP contribution in [0.25, 0.3) is 0 Å². The van der Waals surface area contributed by atoms with Crippen molar-refractivity contribution in [1.29, 1.82) is 0 Å². The lowest BCUT2D eigenvalue weighted by Crippen LogP contribution is -2.34. The second-order valence-electron chi connectivity index (χ2n) is 4.72. The molecule has 1 heterocycles. The van der Waals surface area contributed by atoms with Crippen LogP contribution in [-0.4, -0.2) is 43.9 Å². The maximum absolute atomic E-state index is 12.0. The zero-order valence-electron chi connectivity index (χ0n) is 11.1. The van der Waals surface area contributed by atoms with Crippen LogP contribution in [0, 0.1) is 0 Å². The molecule has 0 aliphatic carbocycles. The molecule has 0 radical (unpaired) electrons. The molecule has 0 fully saturated rings. The minimum absolute atomic E-state index is 0.163. The smallest absolute Gasteiger partial charge is 0.251 e. The Labute approximate surface area is 113 Å². The van der Waals surface area contributed by atoms with Gasteiger partial charge in [0.15, 0.2) is 0 Å². The van der Waals surface area contributed by atoms with E-state index in [1.54, 1.807) is 6.07 Å². The molecule has 5 nitrogen and oxygen atoms in total. The topological polar surface area (TPSA) is 70.6 Å². The highest BCUT2D eigenvalue weighted by Gasteiger charge is 2.13. The molecule has 1 amide bonds. The Morgan fingerprint density at radius 3 is 3.21 bits per heavy atom. The summed E-state index contributed by atoms with van der Waals surface area (Å²) in [6.07, 6.45) is 1.41. The fraction of sp³-hybridized carbons (Fsp3) is 0.500. The molecular formula is C14H20N2O3.